The molecule has 0 saturated carbocycles. The molecular weight excluding hydrogens is 406 g/mol. The van der Waals surface area contributed by atoms with Gasteiger partial charge in [0.25, 0.3) is 10.2 Å². The number of carbonyl (C=O) groups excluding carboxylic acids is 1. The monoisotopic (exact) mass is 440 g/mol. The van der Waals surface area contributed by atoms with E-state index in [4.69, 9.17) is 4.74 Å². The number of hydrogen-bond acceptors (Lipinski definition) is 5. The molecule has 0 unspecified atom stereocenters. The van der Waals surface area contributed by atoms with Gasteiger partial charge in [-0.3, -0.25) is 4.79 Å². The van der Waals surface area contributed by atoms with E-state index in [-0.39, 0.29) is 12.4 Å². The van der Waals surface area contributed by atoms with Crippen molar-refractivity contribution in [2.24, 2.45) is 0 Å². The molecule has 9 heteroatoms. The van der Waals surface area contributed by atoms with Gasteiger partial charge in [0.1, 0.15) is 25.0 Å². The van der Waals surface area contributed by atoms with Crippen LogP contribution in [0, 0.1) is 0 Å². The molecule has 2 saturated heterocycles. The normalized spacial score (nSPS) is 20.7. The minimum absolute atomic E-state index is 0.0895. The average molecular weight is 441 g/mol. The molecule has 2 aliphatic heterocycles. The number of ketones is 1. The van der Waals surface area contributed by atoms with Gasteiger partial charge in [0, 0.05) is 25.1 Å². The van der Waals surface area contributed by atoms with Crippen molar-refractivity contribution in [3.8, 4) is 5.75 Å². The zero-order valence-corrected chi connectivity index (χ0v) is 18.6. The Morgan fingerprint density at radius 3 is 2.27 bits per heavy atom. The fourth-order valence-electron chi connectivity index (χ4n) is 4.02. The number of ether oxygens (including phenoxy) is 1. The van der Waals surface area contributed by atoms with Crippen LogP contribution >= 0.6 is 0 Å². The lowest BCUT2D eigenvalue weighted by atomic mass is 10.1. The Labute approximate surface area is 179 Å². The SMILES string of the molecule is CCC(=O)c1ccc(OC[C@H](O)C[NH+]2CCN(S(=O)(=O)N3CCCCC3)CC2)cc1. The molecule has 1 aromatic carbocycles. The second-order valence-electron chi connectivity index (χ2n) is 8.09. The highest BCUT2D eigenvalue weighted by molar-refractivity contribution is 7.86. The number of benzene rings is 1. The largest absolute Gasteiger partial charge is 0.491 e. The van der Waals surface area contributed by atoms with E-state index in [0.717, 1.165) is 19.3 Å². The highest BCUT2D eigenvalue weighted by Gasteiger charge is 2.34. The lowest BCUT2D eigenvalue weighted by Crippen LogP contribution is -3.16. The molecule has 30 heavy (non-hydrogen) atoms. The van der Waals surface area contributed by atoms with Gasteiger partial charge in [0.05, 0.1) is 26.2 Å². The van der Waals surface area contributed by atoms with Crippen LogP contribution in [0.4, 0.5) is 0 Å². The number of nitrogens with one attached hydrogen (secondary N) is 1. The number of piperazine rings is 1. The molecule has 3 rings (SSSR count). The van der Waals surface area contributed by atoms with Crippen molar-refractivity contribution < 1.29 is 28.0 Å². The van der Waals surface area contributed by atoms with Crippen molar-refractivity contribution in [1.29, 1.82) is 0 Å². The molecule has 0 spiro atoms. The van der Waals surface area contributed by atoms with Gasteiger partial charge in [-0.2, -0.15) is 17.0 Å². The third-order valence-corrected chi connectivity index (χ3v) is 7.90. The van der Waals surface area contributed by atoms with E-state index < -0.39 is 16.3 Å². The highest BCUT2D eigenvalue weighted by Crippen LogP contribution is 2.16. The smallest absolute Gasteiger partial charge is 0.282 e. The fraction of sp³-hybridized carbons (Fsp3) is 0.667. The Bertz CT molecular complexity index is 785. The quantitative estimate of drug-likeness (QED) is 0.526. The van der Waals surface area contributed by atoms with Crippen LogP contribution in [0.1, 0.15) is 43.0 Å². The van der Waals surface area contributed by atoms with Crippen LogP contribution in [0.5, 0.6) is 5.75 Å². The Kier molecular flexibility index (Phi) is 8.24. The zero-order chi connectivity index (χ0) is 21.6. The van der Waals surface area contributed by atoms with Gasteiger partial charge >= 0.3 is 0 Å². The van der Waals surface area contributed by atoms with Crippen molar-refractivity contribution in [3.05, 3.63) is 29.8 Å². The number of rotatable bonds is 9. The molecule has 1 aromatic rings. The number of quaternary nitrogens is 1. The van der Waals surface area contributed by atoms with E-state index in [2.05, 4.69) is 0 Å². The summed E-state index contributed by atoms with van der Waals surface area (Å²) in [5.41, 5.74) is 0.659. The van der Waals surface area contributed by atoms with Crippen LogP contribution in [0.25, 0.3) is 0 Å². The lowest BCUT2D eigenvalue weighted by molar-refractivity contribution is -0.906. The first-order valence-electron chi connectivity index (χ1n) is 10.9. The van der Waals surface area contributed by atoms with Crippen molar-refractivity contribution in [2.45, 2.75) is 38.7 Å². The van der Waals surface area contributed by atoms with E-state index in [1.165, 1.54) is 4.90 Å². The predicted octanol–water partition coefficient (Wildman–Crippen LogP) is -0.0498. The van der Waals surface area contributed by atoms with Crippen molar-refractivity contribution in [3.63, 3.8) is 0 Å². The zero-order valence-electron chi connectivity index (χ0n) is 17.8. The molecule has 0 radical (unpaired) electrons. The summed E-state index contributed by atoms with van der Waals surface area (Å²) in [6.45, 7) is 6.08. The summed E-state index contributed by atoms with van der Waals surface area (Å²) in [5.74, 6) is 0.709. The van der Waals surface area contributed by atoms with Crippen LogP contribution in [0.3, 0.4) is 0 Å². The van der Waals surface area contributed by atoms with Gasteiger partial charge in [0.2, 0.25) is 0 Å². The summed E-state index contributed by atoms with van der Waals surface area (Å²) in [5, 5.41) is 10.3. The van der Waals surface area contributed by atoms with Crippen LogP contribution in [0.2, 0.25) is 0 Å². The first-order chi connectivity index (χ1) is 14.4. The minimum Gasteiger partial charge on any atom is -0.491 e. The molecule has 2 fully saturated rings. The summed E-state index contributed by atoms with van der Waals surface area (Å²) in [7, 11) is -3.35. The van der Waals surface area contributed by atoms with Gasteiger partial charge in [-0.1, -0.05) is 13.3 Å². The Morgan fingerprint density at radius 2 is 1.67 bits per heavy atom. The van der Waals surface area contributed by atoms with Gasteiger partial charge in [-0.05, 0) is 37.1 Å². The number of nitrogens with zero attached hydrogens (tertiary/aromatic N) is 2. The lowest BCUT2D eigenvalue weighted by Gasteiger charge is -2.36. The predicted molar refractivity (Wildman–Crippen MR) is 114 cm³/mol. The van der Waals surface area contributed by atoms with Gasteiger partial charge in [-0.15, -0.1) is 0 Å². The van der Waals surface area contributed by atoms with Gasteiger partial charge < -0.3 is 14.7 Å². The molecule has 0 aromatic heterocycles. The maximum absolute atomic E-state index is 12.8. The number of aliphatic hydroxyl groups excluding tert-OH is 1. The van der Waals surface area contributed by atoms with Crippen molar-refractivity contribution in [2.75, 3.05) is 52.4 Å². The molecule has 0 bridgehead atoms. The Balaban J connectivity index is 1.40. The second kappa shape index (κ2) is 10.7. The summed E-state index contributed by atoms with van der Waals surface area (Å²) < 4.78 is 34.4. The van der Waals surface area contributed by atoms with E-state index in [1.807, 2.05) is 6.92 Å². The molecule has 168 valence electrons. The number of Topliss-reactive ketones (excluding diaryl/α,β-unsaturated/α-hetero) is 1. The summed E-state index contributed by atoms with van der Waals surface area (Å²) >= 11 is 0. The maximum Gasteiger partial charge on any atom is 0.282 e. The molecule has 0 amide bonds. The van der Waals surface area contributed by atoms with Crippen LogP contribution in [-0.2, 0) is 10.2 Å². The van der Waals surface area contributed by atoms with Crippen molar-refractivity contribution >= 4 is 16.0 Å². The first-order valence-corrected chi connectivity index (χ1v) is 12.3. The van der Waals surface area contributed by atoms with Crippen LogP contribution < -0.4 is 9.64 Å². The second-order valence-corrected chi connectivity index (χ2v) is 10.0. The third kappa shape index (κ3) is 6.01. The van der Waals surface area contributed by atoms with E-state index in [9.17, 15) is 18.3 Å². The summed E-state index contributed by atoms with van der Waals surface area (Å²) in [6, 6.07) is 6.96. The highest BCUT2D eigenvalue weighted by atomic mass is 32.2. The maximum atomic E-state index is 12.8. The Hall–Kier alpha value is -1.52. The van der Waals surface area contributed by atoms with E-state index in [0.29, 0.717) is 63.5 Å². The topological polar surface area (TPSA) is 91.6 Å². The molecule has 8 nitrogen and oxygen atoms in total. The molecule has 2 aliphatic rings. The van der Waals surface area contributed by atoms with Gasteiger partial charge in [0.15, 0.2) is 5.78 Å². The average Bonchev–Trinajstić information content (AvgIpc) is 2.78. The van der Waals surface area contributed by atoms with Crippen LogP contribution in [0.15, 0.2) is 24.3 Å². The van der Waals surface area contributed by atoms with E-state index >= 15 is 0 Å². The number of carbonyl (C=O) groups is 1. The minimum atomic E-state index is -3.35. The van der Waals surface area contributed by atoms with E-state index in [1.54, 1.807) is 32.9 Å². The molecule has 2 N–H and O–H groups in total. The van der Waals surface area contributed by atoms with Crippen LogP contribution in [-0.4, -0.2) is 86.4 Å². The molecule has 1 atom stereocenters. The van der Waals surface area contributed by atoms with Crippen molar-refractivity contribution in [1.82, 2.24) is 8.61 Å². The number of piperidine rings is 1. The number of aliphatic hydroxyl groups is 1. The Morgan fingerprint density at radius 1 is 1.07 bits per heavy atom. The third-order valence-electron chi connectivity index (χ3n) is 5.86. The standard InChI is InChI=1S/C21H33N3O5S/c1-2-21(26)18-6-8-20(9-7-18)29-17-19(25)16-22-12-14-24(15-13-22)30(27,28)23-10-4-3-5-11-23/h6-9,19,25H,2-5,10-17H2,1H3/p+1/t19-/m1/s1. The van der Waals surface area contributed by atoms with Gasteiger partial charge in [-0.25, -0.2) is 0 Å². The molecular formula is C21H34N3O5S+. The fourth-order valence-corrected chi connectivity index (χ4v) is 5.71. The number of hydrogen-bond donors (Lipinski definition) is 2. The first kappa shape index (κ1) is 23.1. The summed E-state index contributed by atoms with van der Waals surface area (Å²) in [6.07, 6.45) is 2.81. The molecule has 2 heterocycles. The summed E-state index contributed by atoms with van der Waals surface area (Å²) in [4.78, 5) is 12.8. The molecule has 0 aliphatic carbocycles.